The van der Waals surface area contributed by atoms with E-state index in [2.05, 4.69) is 10.6 Å². The fraction of sp³-hybridized carbons (Fsp3) is 0.917. The molecule has 0 aromatic rings. The summed E-state index contributed by atoms with van der Waals surface area (Å²) in [4.78, 5) is 11.1. The zero-order chi connectivity index (χ0) is 11.8. The van der Waals surface area contributed by atoms with Crippen LogP contribution in [0.15, 0.2) is 0 Å². The van der Waals surface area contributed by atoms with E-state index in [4.69, 9.17) is 0 Å². The summed E-state index contributed by atoms with van der Waals surface area (Å²) in [6, 6.07) is 0. The normalized spacial score (nSPS) is 18.6. The smallest absolute Gasteiger partial charge is 0.233 e. The van der Waals surface area contributed by atoms with Gasteiger partial charge in [0.25, 0.3) is 0 Å². The van der Waals surface area contributed by atoms with Crippen LogP contribution in [0, 0.1) is 5.92 Å². The molecule has 3 N–H and O–H groups in total. The first-order valence-corrected chi connectivity index (χ1v) is 6.37. The van der Waals surface area contributed by atoms with E-state index < -0.39 is 0 Å². The van der Waals surface area contributed by atoms with Crippen molar-refractivity contribution < 1.29 is 9.90 Å². The molecule has 0 radical (unpaired) electrons. The quantitative estimate of drug-likeness (QED) is 0.599. The second-order valence-electron chi connectivity index (χ2n) is 4.62. The van der Waals surface area contributed by atoms with Crippen molar-refractivity contribution in [2.75, 3.05) is 19.6 Å². The Bertz CT molecular complexity index is 203. The van der Waals surface area contributed by atoms with Gasteiger partial charge in [-0.1, -0.05) is 25.7 Å². The van der Waals surface area contributed by atoms with Crippen molar-refractivity contribution in [1.29, 1.82) is 0 Å². The number of rotatable bonds is 7. The molecule has 1 saturated carbocycles. The van der Waals surface area contributed by atoms with Gasteiger partial charge in [-0.05, 0) is 19.3 Å². The Kier molecular flexibility index (Phi) is 6.42. The van der Waals surface area contributed by atoms with Crippen LogP contribution >= 0.6 is 0 Å². The molecule has 1 fully saturated rings. The summed E-state index contributed by atoms with van der Waals surface area (Å²) in [5.74, 6) is 0.692. The second-order valence-corrected chi connectivity index (χ2v) is 4.62. The van der Waals surface area contributed by atoms with Gasteiger partial charge in [0.1, 0.15) is 0 Å². The van der Waals surface area contributed by atoms with Crippen molar-refractivity contribution in [3.8, 4) is 0 Å². The summed E-state index contributed by atoms with van der Waals surface area (Å²) in [6.45, 7) is 3.38. The van der Waals surface area contributed by atoms with E-state index in [-0.39, 0.29) is 12.0 Å². The first-order chi connectivity index (χ1) is 7.72. The van der Waals surface area contributed by atoms with Crippen LogP contribution in [0.4, 0.5) is 0 Å². The van der Waals surface area contributed by atoms with E-state index in [0.717, 1.165) is 6.42 Å². The Labute approximate surface area is 97.8 Å². The van der Waals surface area contributed by atoms with Gasteiger partial charge in [0, 0.05) is 13.1 Å². The molecular weight excluding hydrogens is 204 g/mol. The number of aliphatic hydroxyl groups excluding tert-OH is 1. The van der Waals surface area contributed by atoms with Gasteiger partial charge in [0.15, 0.2) is 0 Å². The van der Waals surface area contributed by atoms with Gasteiger partial charge in [0.2, 0.25) is 5.91 Å². The zero-order valence-corrected chi connectivity index (χ0v) is 10.2. The van der Waals surface area contributed by atoms with Gasteiger partial charge < -0.3 is 15.7 Å². The summed E-state index contributed by atoms with van der Waals surface area (Å²) in [5, 5.41) is 15.4. The van der Waals surface area contributed by atoms with Gasteiger partial charge in [-0.25, -0.2) is 0 Å². The van der Waals surface area contributed by atoms with Gasteiger partial charge in [-0.15, -0.1) is 0 Å². The van der Waals surface area contributed by atoms with E-state index in [0.29, 0.717) is 25.6 Å². The molecule has 1 aliphatic rings. The average Bonchev–Trinajstić information content (AvgIpc) is 2.70. The van der Waals surface area contributed by atoms with Gasteiger partial charge in [-0.2, -0.15) is 0 Å². The Morgan fingerprint density at radius 1 is 1.44 bits per heavy atom. The fourth-order valence-corrected chi connectivity index (χ4v) is 2.33. The minimum Gasteiger partial charge on any atom is -0.392 e. The molecule has 0 aromatic carbocycles. The van der Waals surface area contributed by atoms with Crippen LogP contribution in [0.3, 0.4) is 0 Å². The summed E-state index contributed by atoms with van der Waals surface area (Å²) in [6.07, 6.45) is 5.70. The highest BCUT2D eigenvalue weighted by Crippen LogP contribution is 2.28. The Hall–Kier alpha value is -0.610. The summed E-state index contributed by atoms with van der Waals surface area (Å²) < 4.78 is 0. The number of carbonyl (C=O) groups is 1. The van der Waals surface area contributed by atoms with Crippen molar-refractivity contribution in [2.24, 2.45) is 5.92 Å². The summed E-state index contributed by atoms with van der Waals surface area (Å²) in [7, 11) is 0. The summed E-state index contributed by atoms with van der Waals surface area (Å²) >= 11 is 0. The van der Waals surface area contributed by atoms with Crippen molar-refractivity contribution in [2.45, 2.75) is 45.1 Å². The van der Waals surface area contributed by atoms with Crippen LogP contribution in [0.1, 0.15) is 39.0 Å². The van der Waals surface area contributed by atoms with Crippen LogP contribution in [0.2, 0.25) is 0 Å². The average molecular weight is 228 g/mol. The number of likely N-dealkylation sites (N-methyl/N-ethyl adjacent to an activating group) is 1. The number of carbonyl (C=O) groups excluding carboxylic acids is 1. The molecule has 0 spiro atoms. The first kappa shape index (κ1) is 13.5. The number of hydrogen-bond donors (Lipinski definition) is 3. The van der Waals surface area contributed by atoms with Crippen LogP contribution in [-0.4, -0.2) is 36.8 Å². The van der Waals surface area contributed by atoms with E-state index in [1.807, 2.05) is 6.92 Å². The van der Waals surface area contributed by atoms with Crippen LogP contribution in [0.25, 0.3) is 0 Å². The SMILES string of the molecule is CCNC(=O)CNCC(O)CC1CCCC1. The molecule has 0 bridgehead atoms. The molecule has 1 atom stereocenters. The maximum Gasteiger partial charge on any atom is 0.233 e. The second kappa shape index (κ2) is 7.63. The lowest BCUT2D eigenvalue weighted by atomic mass is 10.0. The van der Waals surface area contributed by atoms with Crippen molar-refractivity contribution in [3.05, 3.63) is 0 Å². The molecule has 1 amide bonds. The molecule has 4 nitrogen and oxygen atoms in total. The van der Waals surface area contributed by atoms with Crippen molar-refractivity contribution >= 4 is 5.91 Å². The monoisotopic (exact) mass is 228 g/mol. The van der Waals surface area contributed by atoms with Crippen molar-refractivity contribution in [1.82, 2.24) is 10.6 Å². The molecule has 16 heavy (non-hydrogen) atoms. The first-order valence-electron chi connectivity index (χ1n) is 6.37. The van der Waals surface area contributed by atoms with Crippen molar-refractivity contribution in [3.63, 3.8) is 0 Å². The van der Waals surface area contributed by atoms with Crippen LogP contribution in [0.5, 0.6) is 0 Å². The third kappa shape index (κ3) is 5.47. The fourth-order valence-electron chi connectivity index (χ4n) is 2.33. The molecular formula is C12H24N2O2. The van der Waals surface area contributed by atoms with E-state index in [1.165, 1.54) is 25.7 Å². The molecule has 4 heteroatoms. The zero-order valence-electron chi connectivity index (χ0n) is 10.2. The molecule has 94 valence electrons. The highest BCUT2D eigenvalue weighted by atomic mass is 16.3. The van der Waals surface area contributed by atoms with Gasteiger partial charge in [-0.3, -0.25) is 4.79 Å². The third-order valence-electron chi connectivity index (χ3n) is 3.12. The number of amides is 1. The molecule has 0 heterocycles. The maximum atomic E-state index is 11.1. The third-order valence-corrected chi connectivity index (χ3v) is 3.12. The van der Waals surface area contributed by atoms with Gasteiger partial charge >= 0.3 is 0 Å². The van der Waals surface area contributed by atoms with E-state index in [9.17, 15) is 9.90 Å². The lowest BCUT2D eigenvalue weighted by Gasteiger charge is -2.15. The van der Waals surface area contributed by atoms with Gasteiger partial charge in [0.05, 0.1) is 12.6 Å². The lowest BCUT2D eigenvalue weighted by Crippen LogP contribution is -2.37. The minimum absolute atomic E-state index is 0.00411. The summed E-state index contributed by atoms with van der Waals surface area (Å²) in [5.41, 5.74) is 0. The Morgan fingerprint density at radius 3 is 2.75 bits per heavy atom. The lowest BCUT2D eigenvalue weighted by molar-refractivity contribution is -0.120. The van der Waals surface area contributed by atoms with Crippen LogP contribution in [-0.2, 0) is 4.79 Å². The number of hydrogen-bond acceptors (Lipinski definition) is 3. The Balaban J connectivity index is 2.01. The van der Waals surface area contributed by atoms with E-state index >= 15 is 0 Å². The molecule has 1 unspecified atom stereocenters. The van der Waals surface area contributed by atoms with Crippen LogP contribution < -0.4 is 10.6 Å². The molecule has 1 aliphatic carbocycles. The highest BCUT2D eigenvalue weighted by molar-refractivity contribution is 5.77. The predicted octanol–water partition coefficient (Wildman–Crippen LogP) is 0.653. The Morgan fingerprint density at radius 2 is 2.12 bits per heavy atom. The molecule has 0 aliphatic heterocycles. The topological polar surface area (TPSA) is 61.4 Å². The standard InChI is InChI=1S/C12H24N2O2/c1-2-14-12(16)9-13-8-11(15)7-10-5-3-4-6-10/h10-11,13,15H,2-9H2,1H3,(H,14,16). The number of aliphatic hydroxyl groups is 1. The maximum absolute atomic E-state index is 11.1. The number of nitrogens with one attached hydrogen (secondary N) is 2. The minimum atomic E-state index is -0.308. The molecule has 0 saturated heterocycles. The predicted molar refractivity (Wildman–Crippen MR) is 64.1 cm³/mol. The molecule has 1 rings (SSSR count). The molecule has 0 aromatic heterocycles. The van der Waals surface area contributed by atoms with E-state index in [1.54, 1.807) is 0 Å². The largest absolute Gasteiger partial charge is 0.392 e. The highest BCUT2D eigenvalue weighted by Gasteiger charge is 2.18.